The number of hydrogen-bond donors (Lipinski definition) is 0. The second-order valence-electron chi connectivity index (χ2n) is 10.5. The summed E-state index contributed by atoms with van der Waals surface area (Å²) in [5.74, 6) is -1.46. The topological polar surface area (TPSA) is 0 Å². The van der Waals surface area contributed by atoms with Crippen molar-refractivity contribution >= 4 is 45.9 Å². The fraction of sp³-hybridized carbons (Fsp3) is 0.161. The predicted octanol–water partition coefficient (Wildman–Crippen LogP) is 9.71. The van der Waals surface area contributed by atoms with Crippen LogP contribution in [0.3, 0.4) is 0 Å². The van der Waals surface area contributed by atoms with E-state index >= 15 is 0 Å². The van der Waals surface area contributed by atoms with E-state index in [2.05, 4.69) is 123 Å². The maximum atomic E-state index is 8.13. The van der Waals surface area contributed by atoms with Gasteiger partial charge in [-0.05, 0) is 0 Å². The molecule has 0 aliphatic heterocycles. The van der Waals surface area contributed by atoms with Crippen molar-refractivity contribution in [3.8, 4) is 11.1 Å². The van der Waals surface area contributed by atoms with E-state index in [1.807, 2.05) is 0 Å². The van der Waals surface area contributed by atoms with E-state index in [0.717, 1.165) is 0 Å². The molecule has 2 aliphatic rings. The van der Waals surface area contributed by atoms with E-state index in [-0.39, 0.29) is 7.25 Å². The van der Waals surface area contributed by atoms with Crippen molar-refractivity contribution in [2.24, 2.45) is 0 Å². The summed E-state index contributed by atoms with van der Waals surface area (Å²) in [7, 11) is 16.3. The molecule has 175 valence electrons. The quantitative estimate of drug-likeness (QED) is 0.207. The van der Waals surface area contributed by atoms with Crippen molar-refractivity contribution in [2.45, 2.75) is 27.3 Å². The van der Waals surface area contributed by atoms with Crippen molar-refractivity contribution in [2.75, 3.05) is 0 Å². The van der Waals surface area contributed by atoms with Gasteiger partial charge in [0.1, 0.15) is 0 Å². The normalized spacial score (nSPS) is 19.9. The molecule has 0 saturated heterocycles. The van der Waals surface area contributed by atoms with Crippen LogP contribution in [0.5, 0.6) is 0 Å². The molecule has 0 spiro atoms. The summed E-state index contributed by atoms with van der Waals surface area (Å²) in [4.78, 5) is 0. The van der Waals surface area contributed by atoms with Gasteiger partial charge >= 0.3 is 219 Å². The first-order valence-corrected chi connectivity index (χ1v) is 28.8. The Bertz CT molecular complexity index is 1540. The Morgan fingerprint density at radius 2 is 1.40 bits per heavy atom. The van der Waals surface area contributed by atoms with Crippen LogP contribution in [0.25, 0.3) is 34.1 Å². The standard InChI is InChI=1S/C20H15.C9H7.C2H7Si.2ClH.Zr/c1-14-12-16-8-5-11-19(20(16)13-14)18-10-4-7-15-6-2-3-9-17(15)18;1-2-5-9-7-3-6-8(9)4-1;1-3-2;;;/h2-13H,1H3;1-7H;3H,1-2H3;2*1H;/q;;;;;+2/p-2. The summed E-state index contributed by atoms with van der Waals surface area (Å²) < 4.78 is 0.292. The van der Waals surface area contributed by atoms with Crippen LogP contribution < -0.4 is 0 Å². The Labute approximate surface area is 217 Å². The van der Waals surface area contributed by atoms with E-state index in [0.29, 0.717) is 0 Å². The molecule has 0 heterocycles. The minimum atomic E-state index is -4.47. The first-order valence-electron chi connectivity index (χ1n) is 12.4. The van der Waals surface area contributed by atoms with Gasteiger partial charge in [0, 0.05) is 0 Å². The third-order valence-electron chi connectivity index (χ3n) is 8.41. The summed E-state index contributed by atoms with van der Waals surface area (Å²) in [6.07, 6.45) is 6.97. The number of benzene rings is 4. The molecule has 2 aliphatic carbocycles. The van der Waals surface area contributed by atoms with Crippen LogP contribution in [0.2, 0.25) is 13.1 Å². The maximum absolute atomic E-state index is 8.13. The average molecular weight is 592 g/mol. The van der Waals surface area contributed by atoms with E-state index in [1.165, 1.54) is 49.7 Å². The second kappa shape index (κ2) is 8.42. The van der Waals surface area contributed by atoms with Crippen LogP contribution in [0.1, 0.15) is 36.4 Å². The molecule has 4 heteroatoms. The van der Waals surface area contributed by atoms with Gasteiger partial charge in [0.2, 0.25) is 0 Å². The molecule has 0 saturated carbocycles. The summed E-state index contributed by atoms with van der Waals surface area (Å²) >= 11 is -4.47. The van der Waals surface area contributed by atoms with E-state index in [1.54, 1.807) is 0 Å². The molecular weight excluding hydrogens is 563 g/mol. The summed E-state index contributed by atoms with van der Waals surface area (Å²) in [6.45, 7) is 7.04. The van der Waals surface area contributed by atoms with Crippen LogP contribution >= 0.6 is 17.0 Å². The summed E-state index contributed by atoms with van der Waals surface area (Å²) in [5.41, 5.74) is 9.13. The molecule has 4 aromatic carbocycles. The summed E-state index contributed by atoms with van der Waals surface area (Å²) in [6, 6.07) is 30.7. The molecule has 0 nitrogen and oxygen atoms in total. The van der Waals surface area contributed by atoms with Crippen molar-refractivity contribution < 1.29 is 15.6 Å². The van der Waals surface area contributed by atoms with Gasteiger partial charge in [-0.3, -0.25) is 0 Å². The van der Waals surface area contributed by atoms with E-state index in [9.17, 15) is 0 Å². The number of allylic oxidation sites excluding steroid dienone is 2. The first-order chi connectivity index (χ1) is 16.8. The molecule has 0 radical (unpaired) electrons. The van der Waals surface area contributed by atoms with Crippen LogP contribution in [0.15, 0.2) is 96.6 Å². The zero-order valence-corrected chi connectivity index (χ0v) is 25.4. The zero-order chi connectivity index (χ0) is 24.4. The molecule has 6 rings (SSSR count). The van der Waals surface area contributed by atoms with Crippen LogP contribution in [0, 0.1) is 0 Å². The van der Waals surface area contributed by atoms with Gasteiger partial charge in [0.25, 0.3) is 0 Å². The Hall–Kier alpha value is -1.70. The first kappa shape index (κ1) is 23.7. The van der Waals surface area contributed by atoms with Gasteiger partial charge < -0.3 is 0 Å². The van der Waals surface area contributed by atoms with Gasteiger partial charge in [0.05, 0.1) is 0 Å². The molecule has 2 unspecified atom stereocenters. The molecule has 0 N–H and O–H groups in total. The molecule has 0 fully saturated rings. The Morgan fingerprint density at radius 1 is 0.743 bits per heavy atom. The van der Waals surface area contributed by atoms with Crippen LogP contribution in [-0.2, 0) is 15.6 Å². The van der Waals surface area contributed by atoms with Crippen molar-refractivity contribution in [1.29, 1.82) is 0 Å². The summed E-state index contributed by atoms with van der Waals surface area (Å²) in [5, 5.41) is 2.55. The second-order valence-corrected chi connectivity index (χ2v) is 53.1. The molecule has 4 aromatic rings. The molecule has 0 bridgehead atoms. The van der Waals surface area contributed by atoms with Crippen molar-refractivity contribution in [3.63, 3.8) is 0 Å². The van der Waals surface area contributed by atoms with Gasteiger partial charge in [-0.25, -0.2) is 0 Å². The molecule has 0 amide bonds. The van der Waals surface area contributed by atoms with E-state index < -0.39 is 21.5 Å². The third-order valence-corrected chi connectivity index (χ3v) is 60.6. The Balaban J connectivity index is 1.57. The van der Waals surface area contributed by atoms with Gasteiger partial charge in [-0.15, -0.1) is 0 Å². The van der Waals surface area contributed by atoms with Gasteiger partial charge in [-0.1, -0.05) is 0 Å². The fourth-order valence-electron chi connectivity index (χ4n) is 6.58. The third kappa shape index (κ3) is 3.41. The van der Waals surface area contributed by atoms with Gasteiger partial charge in [-0.2, -0.15) is 0 Å². The van der Waals surface area contributed by atoms with Crippen molar-refractivity contribution in [1.82, 2.24) is 0 Å². The molecule has 35 heavy (non-hydrogen) atoms. The minimum absolute atomic E-state index is 0.136. The van der Waals surface area contributed by atoms with Gasteiger partial charge in [0.15, 0.2) is 0 Å². The number of fused-ring (bicyclic) bond motifs is 3. The molecule has 2 atom stereocenters. The van der Waals surface area contributed by atoms with E-state index in [4.69, 9.17) is 17.0 Å². The molecular formula is C31H29Cl2SiZr. The van der Waals surface area contributed by atoms with Crippen LogP contribution in [-0.4, -0.2) is 5.92 Å². The number of hydrogen-bond acceptors (Lipinski definition) is 0. The van der Waals surface area contributed by atoms with Crippen molar-refractivity contribution in [3.05, 3.63) is 119 Å². The Morgan fingerprint density at radius 3 is 2.23 bits per heavy atom. The monoisotopic (exact) mass is 589 g/mol. The SMILES string of the molecule is CC1=Cc2c(-c3cccc4ccccc34)cccc2[CH]1[Zr]([Cl])([Cl])([CH]1C=Cc2ccccc21)[SiH](C)C. The number of rotatable bonds is 4. The zero-order valence-electron chi connectivity index (χ0n) is 20.3. The fourth-order valence-corrected chi connectivity index (χ4v) is 36.7. The number of halogens is 2. The average Bonchev–Trinajstić information content (AvgIpc) is 3.45. The molecule has 0 aromatic heterocycles. The Kier molecular flexibility index (Phi) is 5.70. The predicted molar refractivity (Wildman–Crippen MR) is 155 cm³/mol. The van der Waals surface area contributed by atoms with Crippen LogP contribution in [0.4, 0.5) is 0 Å².